The molecule has 0 saturated carbocycles. The van der Waals surface area contributed by atoms with E-state index in [1.165, 1.54) is 18.2 Å². The number of nitrogens with one attached hydrogen (secondary N) is 1. The molecular weight excluding hydrogens is 268 g/mol. The van der Waals surface area contributed by atoms with E-state index < -0.39 is 10.9 Å². The first kappa shape index (κ1) is 13.7. The summed E-state index contributed by atoms with van der Waals surface area (Å²) in [6.07, 6.45) is 1.06. The third-order valence-corrected chi connectivity index (χ3v) is 4.29. The maximum absolute atomic E-state index is 11.1. The number of carboxylic acids is 1. The molecule has 0 amide bonds. The second-order valence-electron chi connectivity index (χ2n) is 4.37. The van der Waals surface area contributed by atoms with Gasteiger partial charge in [0.1, 0.15) is 5.69 Å². The molecule has 0 spiro atoms. The summed E-state index contributed by atoms with van der Waals surface area (Å²) in [5.74, 6) is 1.38. The monoisotopic (exact) mass is 282 g/mol. The van der Waals surface area contributed by atoms with Crippen LogP contribution in [0.25, 0.3) is 0 Å². The lowest BCUT2D eigenvalue weighted by atomic mass is 10.1. The number of nitrogens with zero attached hydrogens (tertiary/aromatic N) is 1. The van der Waals surface area contributed by atoms with Gasteiger partial charge in [-0.15, -0.1) is 0 Å². The van der Waals surface area contributed by atoms with Gasteiger partial charge < -0.3 is 10.4 Å². The zero-order chi connectivity index (χ0) is 13.8. The quantitative estimate of drug-likeness (QED) is 0.636. The number of carboxylic acid groups (broad SMARTS) is 1. The van der Waals surface area contributed by atoms with Gasteiger partial charge in [0.25, 0.3) is 5.69 Å². The highest BCUT2D eigenvalue weighted by Gasteiger charge is 2.23. The second-order valence-corrected chi connectivity index (χ2v) is 5.52. The Labute approximate surface area is 114 Å². The fourth-order valence-corrected chi connectivity index (χ4v) is 3.33. The largest absolute Gasteiger partial charge is 0.478 e. The number of para-hydroxylation sites is 1. The van der Waals surface area contributed by atoms with Crippen LogP contribution >= 0.6 is 11.8 Å². The Morgan fingerprint density at radius 2 is 2.37 bits per heavy atom. The average Bonchev–Trinajstić information content (AvgIpc) is 2.88. The van der Waals surface area contributed by atoms with Crippen molar-refractivity contribution < 1.29 is 14.8 Å². The van der Waals surface area contributed by atoms with Crippen molar-refractivity contribution >= 4 is 29.1 Å². The number of aromatic carboxylic acids is 1. The SMILES string of the molecule is O=C(O)c1cccc([N+](=O)[O-])c1NCC1CCSC1. The van der Waals surface area contributed by atoms with Crippen LogP contribution in [-0.2, 0) is 0 Å². The zero-order valence-electron chi connectivity index (χ0n) is 10.2. The molecule has 7 heteroatoms. The number of rotatable bonds is 5. The van der Waals surface area contributed by atoms with Gasteiger partial charge in [0.05, 0.1) is 10.5 Å². The minimum Gasteiger partial charge on any atom is -0.478 e. The molecule has 1 heterocycles. The highest BCUT2D eigenvalue weighted by Crippen LogP contribution is 2.30. The van der Waals surface area contributed by atoms with Gasteiger partial charge in [0.15, 0.2) is 0 Å². The van der Waals surface area contributed by atoms with E-state index in [0.717, 1.165) is 17.9 Å². The van der Waals surface area contributed by atoms with Crippen LogP contribution in [0.15, 0.2) is 18.2 Å². The molecule has 2 N–H and O–H groups in total. The molecule has 2 rings (SSSR count). The van der Waals surface area contributed by atoms with Gasteiger partial charge in [-0.1, -0.05) is 6.07 Å². The molecule has 0 bridgehead atoms. The van der Waals surface area contributed by atoms with Gasteiger partial charge in [-0.25, -0.2) is 4.79 Å². The van der Waals surface area contributed by atoms with Crippen LogP contribution in [0.1, 0.15) is 16.8 Å². The Morgan fingerprint density at radius 1 is 1.58 bits per heavy atom. The summed E-state index contributed by atoms with van der Waals surface area (Å²) >= 11 is 1.85. The van der Waals surface area contributed by atoms with Crippen LogP contribution in [0.5, 0.6) is 0 Å². The van der Waals surface area contributed by atoms with Gasteiger partial charge in [0, 0.05) is 12.6 Å². The average molecular weight is 282 g/mol. The lowest BCUT2D eigenvalue weighted by Crippen LogP contribution is -2.16. The van der Waals surface area contributed by atoms with E-state index >= 15 is 0 Å². The molecule has 1 aromatic rings. The van der Waals surface area contributed by atoms with Gasteiger partial charge in [-0.2, -0.15) is 11.8 Å². The van der Waals surface area contributed by atoms with Crippen LogP contribution in [-0.4, -0.2) is 34.0 Å². The van der Waals surface area contributed by atoms with Gasteiger partial charge in [-0.3, -0.25) is 10.1 Å². The first-order chi connectivity index (χ1) is 9.09. The molecule has 1 atom stereocenters. The normalized spacial score (nSPS) is 18.2. The van der Waals surface area contributed by atoms with Crippen molar-refractivity contribution in [3.8, 4) is 0 Å². The Bertz CT molecular complexity index is 468. The number of nitro groups is 1. The summed E-state index contributed by atoms with van der Waals surface area (Å²) in [5, 5.41) is 23.0. The van der Waals surface area contributed by atoms with E-state index in [4.69, 9.17) is 5.11 Å². The van der Waals surface area contributed by atoms with Crippen molar-refractivity contribution in [2.24, 2.45) is 5.92 Å². The first-order valence-corrected chi connectivity index (χ1v) is 7.07. The summed E-state index contributed by atoms with van der Waals surface area (Å²) in [6, 6.07) is 4.08. The number of thioether (sulfide) groups is 1. The van der Waals surface area contributed by atoms with Crippen molar-refractivity contribution in [2.75, 3.05) is 23.4 Å². The smallest absolute Gasteiger partial charge is 0.338 e. The third-order valence-electron chi connectivity index (χ3n) is 3.06. The van der Waals surface area contributed by atoms with Gasteiger partial charge in [-0.05, 0) is 29.9 Å². The van der Waals surface area contributed by atoms with E-state index in [9.17, 15) is 14.9 Å². The summed E-state index contributed by atoms with van der Waals surface area (Å²) in [5.41, 5.74) is -0.137. The molecule has 1 aromatic carbocycles. The molecule has 1 saturated heterocycles. The molecule has 1 unspecified atom stereocenters. The molecule has 1 fully saturated rings. The maximum atomic E-state index is 11.1. The van der Waals surface area contributed by atoms with Crippen LogP contribution in [0.4, 0.5) is 11.4 Å². The van der Waals surface area contributed by atoms with Crippen LogP contribution in [0.2, 0.25) is 0 Å². The fraction of sp³-hybridized carbons (Fsp3) is 0.417. The molecule has 0 aromatic heterocycles. The van der Waals surface area contributed by atoms with Crippen molar-refractivity contribution in [3.63, 3.8) is 0 Å². The van der Waals surface area contributed by atoms with Crippen LogP contribution < -0.4 is 5.32 Å². The standard InChI is InChI=1S/C12H14N2O4S/c15-12(16)9-2-1-3-10(14(17)18)11(9)13-6-8-4-5-19-7-8/h1-3,8,13H,4-7H2,(H,15,16). The number of hydrogen-bond donors (Lipinski definition) is 2. The topological polar surface area (TPSA) is 92.5 Å². The summed E-state index contributed by atoms with van der Waals surface area (Å²) < 4.78 is 0. The molecule has 19 heavy (non-hydrogen) atoms. The Kier molecular flexibility index (Phi) is 4.26. The predicted octanol–water partition coefficient (Wildman–Crippen LogP) is 2.46. The van der Waals surface area contributed by atoms with Gasteiger partial charge in [0.2, 0.25) is 0 Å². The van der Waals surface area contributed by atoms with E-state index in [1.807, 2.05) is 11.8 Å². The van der Waals surface area contributed by atoms with Crippen molar-refractivity contribution in [1.82, 2.24) is 0 Å². The lowest BCUT2D eigenvalue weighted by Gasteiger charge is -2.13. The zero-order valence-corrected chi connectivity index (χ0v) is 11.0. The number of anilines is 1. The van der Waals surface area contributed by atoms with Crippen molar-refractivity contribution in [2.45, 2.75) is 6.42 Å². The molecular formula is C12H14N2O4S. The summed E-state index contributed by atoms with van der Waals surface area (Å²) in [7, 11) is 0. The second kappa shape index (κ2) is 5.92. The molecule has 0 aliphatic carbocycles. The molecule has 102 valence electrons. The summed E-state index contributed by atoms with van der Waals surface area (Å²) in [6.45, 7) is 0.568. The highest BCUT2D eigenvalue weighted by molar-refractivity contribution is 7.99. The highest BCUT2D eigenvalue weighted by atomic mass is 32.2. The minimum atomic E-state index is -1.16. The predicted molar refractivity (Wildman–Crippen MR) is 74.0 cm³/mol. The number of hydrogen-bond acceptors (Lipinski definition) is 5. The van der Waals surface area contributed by atoms with E-state index in [2.05, 4.69) is 5.32 Å². The molecule has 1 aliphatic heterocycles. The maximum Gasteiger partial charge on any atom is 0.338 e. The summed E-state index contributed by atoms with van der Waals surface area (Å²) in [4.78, 5) is 21.5. The number of benzene rings is 1. The van der Waals surface area contributed by atoms with E-state index in [1.54, 1.807) is 0 Å². The third kappa shape index (κ3) is 3.17. The van der Waals surface area contributed by atoms with E-state index in [-0.39, 0.29) is 16.9 Å². The van der Waals surface area contributed by atoms with Crippen LogP contribution in [0.3, 0.4) is 0 Å². The molecule has 1 aliphatic rings. The molecule has 0 radical (unpaired) electrons. The van der Waals surface area contributed by atoms with Crippen LogP contribution in [0, 0.1) is 16.0 Å². The Morgan fingerprint density at radius 3 is 2.95 bits per heavy atom. The lowest BCUT2D eigenvalue weighted by molar-refractivity contribution is -0.384. The minimum absolute atomic E-state index is 0.0557. The van der Waals surface area contributed by atoms with Gasteiger partial charge >= 0.3 is 5.97 Å². The number of carbonyl (C=O) groups is 1. The Balaban J connectivity index is 2.23. The van der Waals surface area contributed by atoms with Crippen molar-refractivity contribution in [1.29, 1.82) is 0 Å². The fourth-order valence-electron chi connectivity index (χ4n) is 2.05. The van der Waals surface area contributed by atoms with E-state index in [0.29, 0.717) is 12.5 Å². The first-order valence-electron chi connectivity index (χ1n) is 5.92. The Hall–Kier alpha value is -1.76. The molecule has 6 nitrogen and oxygen atoms in total. The van der Waals surface area contributed by atoms with Crippen molar-refractivity contribution in [3.05, 3.63) is 33.9 Å². The number of nitro benzene ring substituents is 1.